The minimum absolute atomic E-state index is 0.239. The minimum atomic E-state index is -1.49. The lowest BCUT2D eigenvalue weighted by atomic mass is 9.66. The van der Waals surface area contributed by atoms with Crippen LogP contribution in [-0.2, 0) is 19.1 Å². The van der Waals surface area contributed by atoms with E-state index in [1.165, 1.54) is 7.11 Å². The zero-order chi connectivity index (χ0) is 20.2. The highest BCUT2D eigenvalue weighted by Gasteiger charge is 2.55. The molecule has 1 amide bonds. The Kier molecular flexibility index (Phi) is 6.52. The zero-order valence-electron chi connectivity index (χ0n) is 16.1. The van der Waals surface area contributed by atoms with E-state index in [0.717, 1.165) is 0 Å². The molecule has 7 heteroatoms. The molecule has 0 radical (unpaired) electrons. The van der Waals surface area contributed by atoms with Gasteiger partial charge >= 0.3 is 12.1 Å². The molecule has 2 atom stereocenters. The standard InChI is InChI=1S/C20H26ClNO5/c1-19(2,3)27-18(25)22-16(13-8-10-14(21)11-9-13)20(17(24)26-4)12-6-5-7-15(20)23/h8-11,16H,5-7,12H2,1-4H3,(H,22,25)/t16-,20-/m1/s1. The second-order valence-electron chi connectivity index (χ2n) is 7.72. The Bertz CT molecular complexity index is 700. The fraction of sp³-hybridized carbons (Fsp3) is 0.550. The number of carbonyl (C=O) groups excluding carboxylic acids is 3. The first kappa shape index (κ1) is 21.2. The van der Waals surface area contributed by atoms with Crippen molar-refractivity contribution in [1.82, 2.24) is 5.32 Å². The molecule has 27 heavy (non-hydrogen) atoms. The summed E-state index contributed by atoms with van der Waals surface area (Å²) in [6.45, 7) is 5.23. The highest BCUT2D eigenvalue weighted by Crippen LogP contribution is 2.45. The van der Waals surface area contributed by atoms with Crippen LogP contribution in [0.25, 0.3) is 0 Å². The van der Waals surface area contributed by atoms with Crippen molar-refractivity contribution in [1.29, 1.82) is 0 Å². The van der Waals surface area contributed by atoms with E-state index in [9.17, 15) is 14.4 Å². The van der Waals surface area contributed by atoms with Gasteiger partial charge in [0.2, 0.25) is 0 Å². The average Bonchev–Trinajstić information content (AvgIpc) is 2.59. The monoisotopic (exact) mass is 395 g/mol. The zero-order valence-corrected chi connectivity index (χ0v) is 16.9. The van der Waals surface area contributed by atoms with Crippen LogP contribution in [0.5, 0.6) is 0 Å². The van der Waals surface area contributed by atoms with Crippen LogP contribution >= 0.6 is 11.6 Å². The second-order valence-corrected chi connectivity index (χ2v) is 8.16. The Morgan fingerprint density at radius 2 is 1.81 bits per heavy atom. The van der Waals surface area contributed by atoms with Crippen LogP contribution < -0.4 is 5.32 Å². The van der Waals surface area contributed by atoms with Crippen LogP contribution in [0.1, 0.15) is 58.1 Å². The van der Waals surface area contributed by atoms with Crippen LogP contribution in [0.15, 0.2) is 24.3 Å². The van der Waals surface area contributed by atoms with Gasteiger partial charge in [-0.2, -0.15) is 0 Å². The number of methoxy groups -OCH3 is 1. The van der Waals surface area contributed by atoms with Crippen LogP contribution in [0.3, 0.4) is 0 Å². The van der Waals surface area contributed by atoms with Gasteiger partial charge in [-0.3, -0.25) is 9.59 Å². The third-order valence-corrected chi connectivity index (χ3v) is 4.88. The van der Waals surface area contributed by atoms with Crippen molar-refractivity contribution < 1.29 is 23.9 Å². The highest BCUT2D eigenvalue weighted by atomic mass is 35.5. The summed E-state index contributed by atoms with van der Waals surface area (Å²) in [5.74, 6) is -0.889. The predicted octanol–water partition coefficient (Wildman–Crippen LogP) is 4.21. The molecule has 0 aliphatic heterocycles. The number of hydrogen-bond acceptors (Lipinski definition) is 5. The SMILES string of the molecule is COC(=O)[C@]1([C@H](NC(=O)OC(C)(C)C)c2ccc(Cl)cc2)CCCCC1=O. The Morgan fingerprint density at radius 1 is 1.19 bits per heavy atom. The summed E-state index contributed by atoms with van der Waals surface area (Å²) < 4.78 is 10.4. The maximum Gasteiger partial charge on any atom is 0.408 e. The molecule has 1 aliphatic rings. The maximum absolute atomic E-state index is 12.9. The molecule has 1 aliphatic carbocycles. The lowest BCUT2D eigenvalue weighted by molar-refractivity contribution is -0.162. The van der Waals surface area contributed by atoms with Crippen molar-refractivity contribution in [3.8, 4) is 0 Å². The van der Waals surface area contributed by atoms with Crippen LogP contribution in [0, 0.1) is 5.41 Å². The molecule has 0 aromatic heterocycles. The largest absolute Gasteiger partial charge is 0.468 e. The number of alkyl carbamates (subject to hydrolysis) is 1. The summed E-state index contributed by atoms with van der Waals surface area (Å²) in [7, 11) is 1.25. The molecule has 0 heterocycles. The molecule has 0 bridgehead atoms. The van der Waals surface area contributed by atoms with E-state index >= 15 is 0 Å². The first-order chi connectivity index (χ1) is 12.6. The van der Waals surface area contributed by atoms with E-state index in [1.54, 1.807) is 45.0 Å². The summed E-state index contributed by atoms with van der Waals surface area (Å²) >= 11 is 5.98. The van der Waals surface area contributed by atoms with Gasteiger partial charge in [-0.1, -0.05) is 30.2 Å². The normalized spacial score (nSPS) is 21.3. The molecule has 1 aromatic rings. The number of nitrogens with one attached hydrogen (secondary N) is 1. The van der Waals surface area contributed by atoms with Crippen molar-refractivity contribution in [2.45, 2.75) is 58.1 Å². The highest BCUT2D eigenvalue weighted by molar-refractivity contribution is 6.30. The van der Waals surface area contributed by atoms with Gasteiger partial charge in [-0.25, -0.2) is 4.79 Å². The van der Waals surface area contributed by atoms with Gasteiger partial charge in [-0.15, -0.1) is 0 Å². The number of rotatable bonds is 4. The maximum atomic E-state index is 12.9. The van der Waals surface area contributed by atoms with Crippen molar-refractivity contribution in [3.05, 3.63) is 34.9 Å². The quantitative estimate of drug-likeness (QED) is 0.610. The number of esters is 1. The van der Waals surface area contributed by atoms with Gasteiger partial charge in [0.15, 0.2) is 11.2 Å². The van der Waals surface area contributed by atoms with Crippen molar-refractivity contribution in [2.24, 2.45) is 5.41 Å². The molecule has 1 aromatic carbocycles. The van der Waals surface area contributed by atoms with Gasteiger partial charge in [0.05, 0.1) is 13.2 Å². The van der Waals surface area contributed by atoms with Crippen molar-refractivity contribution in [3.63, 3.8) is 0 Å². The molecule has 0 spiro atoms. The number of benzene rings is 1. The summed E-state index contributed by atoms with van der Waals surface area (Å²) in [5.41, 5.74) is -1.62. The molecule has 2 rings (SSSR count). The van der Waals surface area contributed by atoms with Crippen LogP contribution in [-0.4, -0.2) is 30.6 Å². The Morgan fingerprint density at radius 3 is 2.33 bits per heavy atom. The summed E-state index contributed by atoms with van der Waals surface area (Å²) in [5, 5.41) is 3.25. The molecule has 0 saturated heterocycles. The predicted molar refractivity (Wildman–Crippen MR) is 101 cm³/mol. The number of hydrogen-bond donors (Lipinski definition) is 1. The second kappa shape index (κ2) is 8.30. The van der Waals surface area contributed by atoms with Crippen molar-refractivity contribution >= 4 is 29.4 Å². The van der Waals surface area contributed by atoms with Gasteiger partial charge in [-0.05, 0) is 51.3 Å². The third kappa shape index (κ3) is 4.80. The summed E-state index contributed by atoms with van der Waals surface area (Å²) in [4.78, 5) is 38.2. The Labute approximate surface area is 164 Å². The molecule has 1 saturated carbocycles. The summed E-state index contributed by atoms with van der Waals surface area (Å²) in [6, 6.07) is 5.77. The van der Waals surface area contributed by atoms with Crippen LogP contribution in [0.4, 0.5) is 4.79 Å². The van der Waals surface area contributed by atoms with E-state index < -0.39 is 29.1 Å². The Balaban J connectivity index is 2.51. The van der Waals surface area contributed by atoms with Crippen LogP contribution in [0.2, 0.25) is 5.02 Å². The molecule has 0 unspecified atom stereocenters. The number of amides is 1. The minimum Gasteiger partial charge on any atom is -0.468 e. The molecular weight excluding hydrogens is 370 g/mol. The topological polar surface area (TPSA) is 81.7 Å². The molecule has 6 nitrogen and oxygen atoms in total. The number of Topliss-reactive ketones (excluding diaryl/α,β-unsaturated/α-hetero) is 1. The smallest absolute Gasteiger partial charge is 0.408 e. The molecular formula is C20H26ClNO5. The Hall–Kier alpha value is -2.08. The third-order valence-electron chi connectivity index (χ3n) is 4.63. The van der Waals surface area contributed by atoms with E-state index in [4.69, 9.17) is 21.1 Å². The van der Waals surface area contributed by atoms with Gasteiger partial charge in [0, 0.05) is 11.4 Å². The first-order valence-electron chi connectivity index (χ1n) is 8.97. The summed E-state index contributed by atoms with van der Waals surface area (Å²) in [6.07, 6.45) is 1.24. The first-order valence-corrected chi connectivity index (χ1v) is 9.34. The fourth-order valence-corrected chi connectivity index (χ4v) is 3.57. The number of ketones is 1. The van der Waals surface area contributed by atoms with Gasteiger partial charge in [0.1, 0.15) is 5.60 Å². The number of halogens is 1. The molecule has 1 N–H and O–H groups in total. The van der Waals surface area contributed by atoms with Gasteiger partial charge in [0.25, 0.3) is 0 Å². The van der Waals surface area contributed by atoms with Crippen molar-refractivity contribution in [2.75, 3.05) is 7.11 Å². The molecule has 148 valence electrons. The van der Waals surface area contributed by atoms with Gasteiger partial charge < -0.3 is 14.8 Å². The van der Waals surface area contributed by atoms with E-state index in [0.29, 0.717) is 29.8 Å². The number of carbonyl (C=O) groups is 3. The fourth-order valence-electron chi connectivity index (χ4n) is 3.44. The number of ether oxygens (including phenoxy) is 2. The molecule has 1 fully saturated rings. The van der Waals surface area contributed by atoms with E-state index in [-0.39, 0.29) is 12.2 Å². The van der Waals surface area contributed by atoms with E-state index in [2.05, 4.69) is 5.32 Å². The average molecular weight is 396 g/mol. The lowest BCUT2D eigenvalue weighted by Gasteiger charge is -2.40. The van der Waals surface area contributed by atoms with E-state index in [1.807, 2.05) is 0 Å². The lowest BCUT2D eigenvalue weighted by Crippen LogP contribution is -2.53.